The summed E-state index contributed by atoms with van der Waals surface area (Å²) in [5.41, 5.74) is -0.135. The molecule has 0 aliphatic heterocycles. The van der Waals surface area contributed by atoms with Crippen LogP contribution in [-0.2, 0) is 0 Å². The van der Waals surface area contributed by atoms with Crippen LogP contribution in [0.4, 0.5) is 0 Å². The first kappa shape index (κ1) is 13.5. The fourth-order valence-electron chi connectivity index (χ4n) is 3.16. The standard InChI is InChI=1S/C13H24N4O/c1-4-14-13(9-18)7-5-6-12(8-13)17-11(3)15-10(2)16-17/h12,14,18H,4-9H2,1-3H3. The molecule has 1 heterocycles. The molecule has 0 bridgehead atoms. The van der Waals surface area contributed by atoms with Gasteiger partial charge in [-0.05, 0) is 46.1 Å². The average Bonchev–Trinajstić information content (AvgIpc) is 2.69. The van der Waals surface area contributed by atoms with Gasteiger partial charge < -0.3 is 10.4 Å². The van der Waals surface area contributed by atoms with Gasteiger partial charge in [-0.1, -0.05) is 6.92 Å². The van der Waals surface area contributed by atoms with Crippen LogP contribution in [-0.4, -0.2) is 38.6 Å². The number of hydrogen-bond donors (Lipinski definition) is 2. The summed E-state index contributed by atoms with van der Waals surface area (Å²) in [6.45, 7) is 7.11. The topological polar surface area (TPSA) is 63.0 Å². The number of aliphatic hydroxyl groups excluding tert-OH is 1. The van der Waals surface area contributed by atoms with Gasteiger partial charge >= 0.3 is 0 Å². The largest absolute Gasteiger partial charge is 0.394 e. The molecule has 2 rings (SSSR count). The van der Waals surface area contributed by atoms with Crippen molar-refractivity contribution in [3.63, 3.8) is 0 Å². The molecular weight excluding hydrogens is 228 g/mol. The summed E-state index contributed by atoms with van der Waals surface area (Å²) in [5.74, 6) is 1.80. The molecule has 1 aliphatic carbocycles. The van der Waals surface area contributed by atoms with Gasteiger partial charge in [0.2, 0.25) is 0 Å². The van der Waals surface area contributed by atoms with Gasteiger partial charge in [-0.2, -0.15) is 5.10 Å². The van der Waals surface area contributed by atoms with E-state index >= 15 is 0 Å². The SMILES string of the molecule is CCNC1(CO)CCCC(n2nc(C)nc2C)C1. The molecule has 18 heavy (non-hydrogen) atoms. The van der Waals surface area contributed by atoms with E-state index in [1.165, 1.54) is 0 Å². The van der Waals surface area contributed by atoms with Crippen molar-refractivity contribution < 1.29 is 5.11 Å². The average molecular weight is 252 g/mol. The van der Waals surface area contributed by atoms with Crippen molar-refractivity contribution in [3.05, 3.63) is 11.6 Å². The predicted molar refractivity (Wildman–Crippen MR) is 70.5 cm³/mol. The monoisotopic (exact) mass is 252 g/mol. The molecule has 1 aromatic rings. The second kappa shape index (κ2) is 5.36. The summed E-state index contributed by atoms with van der Waals surface area (Å²) in [4.78, 5) is 4.37. The number of aryl methyl sites for hydroxylation is 2. The van der Waals surface area contributed by atoms with Crippen molar-refractivity contribution in [2.24, 2.45) is 0 Å². The van der Waals surface area contributed by atoms with E-state index in [4.69, 9.17) is 0 Å². The minimum Gasteiger partial charge on any atom is -0.394 e. The van der Waals surface area contributed by atoms with E-state index in [0.717, 1.165) is 43.9 Å². The number of rotatable bonds is 4. The summed E-state index contributed by atoms with van der Waals surface area (Å²) in [7, 11) is 0. The quantitative estimate of drug-likeness (QED) is 0.849. The summed E-state index contributed by atoms with van der Waals surface area (Å²) < 4.78 is 2.04. The Morgan fingerprint density at radius 2 is 2.28 bits per heavy atom. The number of aliphatic hydroxyl groups is 1. The first-order valence-corrected chi connectivity index (χ1v) is 6.86. The molecule has 2 atom stereocenters. The number of hydrogen-bond acceptors (Lipinski definition) is 4. The lowest BCUT2D eigenvalue weighted by molar-refractivity contribution is 0.0953. The summed E-state index contributed by atoms with van der Waals surface area (Å²) in [6.07, 6.45) is 4.22. The van der Waals surface area contributed by atoms with Gasteiger partial charge in [0.15, 0.2) is 0 Å². The first-order valence-electron chi connectivity index (χ1n) is 6.86. The zero-order chi connectivity index (χ0) is 13.2. The number of aromatic nitrogens is 3. The zero-order valence-corrected chi connectivity index (χ0v) is 11.6. The molecule has 2 N–H and O–H groups in total. The van der Waals surface area contributed by atoms with Gasteiger partial charge in [-0.3, -0.25) is 0 Å². The van der Waals surface area contributed by atoms with Gasteiger partial charge in [-0.15, -0.1) is 0 Å². The molecule has 0 spiro atoms. The molecule has 5 nitrogen and oxygen atoms in total. The number of likely N-dealkylation sites (N-methyl/N-ethyl adjacent to an activating group) is 1. The van der Waals surface area contributed by atoms with Crippen LogP contribution in [0.25, 0.3) is 0 Å². The Morgan fingerprint density at radius 1 is 1.50 bits per heavy atom. The van der Waals surface area contributed by atoms with Gasteiger partial charge in [0.1, 0.15) is 11.6 Å². The molecule has 2 unspecified atom stereocenters. The highest BCUT2D eigenvalue weighted by Gasteiger charge is 2.36. The Bertz CT molecular complexity index is 400. The van der Waals surface area contributed by atoms with E-state index in [2.05, 4.69) is 22.3 Å². The van der Waals surface area contributed by atoms with Crippen LogP contribution in [0.1, 0.15) is 50.3 Å². The number of nitrogens with zero attached hydrogens (tertiary/aromatic N) is 3. The summed E-state index contributed by atoms with van der Waals surface area (Å²) in [6, 6.07) is 0.353. The van der Waals surface area contributed by atoms with E-state index < -0.39 is 0 Å². The van der Waals surface area contributed by atoms with Crippen LogP contribution >= 0.6 is 0 Å². The van der Waals surface area contributed by atoms with E-state index in [0.29, 0.717) is 6.04 Å². The van der Waals surface area contributed by atoms with E-state index in [9.17, 15) is 5.11 Å². The van der Waals surface area contributed by atoms with Gasteiger partial charge in [0.05, 0.1) is 12.6 Å². The lowest BCUT2D eigenvalue weighted by Crippen LogP contribution is -2.52. The Labute approximate surface area is 109 Å². The lowest BCUT2D eigenvalue weighted by Gasteiger charge is -2.40. The van der Waals surface area contributed by atoms with Crippen molar-refractivity contribution >= 4 is 0 Å². The van der Waals surface area contributed by atoms with Crippen molar-refractivity contribution in [1.82, 2.24) is 20.1 Å². The molecular formula is C13H24N4O. The molecule has 1 aromatic heterocycles. The van der Waals surface area contributed by atoms with Crippen molar-refractivity contribution in [2.75, 3.05) is 13.2 Å². The minimum absolute atomic E-state index is 0.135. The Hall–Kier alpha value is -0.940. The van der Waals surface area contributed by atoms with E-state index in [1.807, 2.05) is 18.5 Å². The van der Waals surface area contributed by atoms with Crippen LogP contribution in [0.15, 0.2) is 0 Å². The molecule has 0 aromatic carbocycles. The Morgan fingerprint density at radius 3 is 2.83 bits per heavy atom. The highest BCUT2D eigenvalue weighted by molar-refractivity contribution is 4.98. The third-order valence-electron chi connectivity index (χ3n) is 3.93. The molecule has 1 aliphatic rings. The maximum absolute atomic E-state index is 9.70. The van der Waals surface area contributed by atoms with Crippen LogP contribution in [0.3, 0.4) is 0 Å². The fraction of sp³-hybridized carbons (Fsp3) is 0.846. The Kier molecular flexibility index (Phi) is 4.02. The molecule has 0 amide bonds. The van der Waals surface area contributed by atoms with Gasteiger partial charge in [0, 0.05) is 5.54 Å². The molecule has 1 fully saturated rings. The summed E-state index contributed by atoms with van der Waals surface area (Å²) in [5, 5.41) is 17.7. The van der Waals surface area contributed by atoms with Crippen molar-refractivity contribution in [1.29, 1.82) is 0 Å². The highest BCUT2D eigenvalue weighted by atomic mass is 16.3. The normalized spacial score (nSPS) is 28.6. The number of nitrogens with one attached hydrogen (secondary N) is 1. The minimum atomic E-state index is -0.135. The Balaban J connectivity index is 2.17. The second-order valence-electron chi connectivity index (χ2n) is 5.37. The van der Waals surface area contributed by atoms with Crippen molar-refractivity contribution in [2.45, 2.75) is 58.0 Å². The van der Waals surface area contributed by atoms with Crippen LogP contribution in [0.5, 0.6) is 0 Å². The third-order valence-corrected chi connectivity index (χ3v) is 3.93. The van der Waals surface area contributed by atoms with Gasteiger partial charge in [-0.25, -0.2) is 9.67 Å². The third kappa shape index (κ3) is 2.57. The van der Waals surface area contributed by atoms with Crippen molar-refractivity contribution in [3.8, 4) is 0 Å². The smallest absolute Gasteiger partial charge is 0.147 e. The lowest BCUT2D eigenvalue weighted by atomic mass is 9.79. The van der Waals surface area contributed by atoms with E-state index in [-0.39, 0.29) is 12.1 Å². The zero-order valence-electron chi connectivity index (χ0n) is 11.6. The second-order valence-corrected chi connectivity index (χ2v) is 5.37. The first-order chi connectivity index (χ1) is 8.60. The molecule has 5 heteroatoms. The maximum Gasteiger partial charge on any atom is 0.147 e. The van der Waals surface area contributed by atoms with E-state index in [1.54, 1.807) is 0 Å². The van der Waals surface area contributed by atoms with Crippen LogP contribution < -0.4 is 5.32 Å². The molecule has 0 saturated heterocycles. The van der Waals surface area contributed by atoms with Gasteiger partial charge in [0.25, 0.3) is 0 Å². The highest BCUT2D eigenvalue weighted by Crippen LogP contribution is 2.35. The molecule has 1 saturated carbocycles. The maximum atomic E-state index is 9.70. The molecule has 0 radical (unpaired) electrons. The predicted octanol–water partition coefficient (Wildman–Crippen LogP) is 1.35. The summed E-state index contributed by atoms with van der Waals surface area (Å²) >= 11 is 0. The fourth-order valence-corrected chi connectivity index (χ4v) is 3.16. The molecule has 102 valence electrons. The van der Waals surface area contributed by atoms with Crippen LogP contribution in [0, 0.1) is 13.8 Å². The van der Waals surface area contributed by atoms with Crippen LogP contribution in [0.2, 0.25) is 0 Å².